The summed E-state index contributed by atoms with van der Waals surface area (Å²) < 4.78 is 17.3. The van der Waals surface area contributed by atoms with Gasteiger partial charge in [-0.3, -0.25) is 5.32 Å². The molecule has 0 amide bonds. The zero-order valence-corrected chi connectivity index (χ0v) is 40.5. The minimum absolute atomic E-state index is 0.110. The van der Waals surface area contributed by atoms with Crippen molar-refractivity contribution in [3.8, 4) is 0 Å². The van der Waals surface area contributed by atoms with Gasteiger partial charge in [0.05, 0.1) is 58.3 Å². The van der Waals surface area contributed by atoms with Gasteiger partial charge >= 0.3 is 0 Å². The standard InChI is InChI=1S/C49H99NO9Si/c1-5-8-11-14-15-16-17-18-19-20-22-27-32-42(52)44(53)41(38-58-48-47(56)46(55)45(54)43(37-51)59-48)50-49(39-57-40-49)33-28-23-21-26-31-36-60(4,34-29-24-12-9-6-2)35-30-25-13-10-7-3/h41-48,50-56H,5-40H2,1-4H3/t41-,42+,43?,44-,45?,46?,47?,48?/m0/s1. The van der Waals surface area contributed by atoms with Crippen molar-refractivity contribution in [2.24, 2.45) is 0 Å². The number of aliphatic hydroxyl groups is 6. The van der Waals surface area contributed by atoms with Crippen LogP contribution in [0.4, 0.5) is 0 Å². The molecule has 2 aliphatic heterocycles. The van der Waals surface area contributed by atoms with Crippen LogP contribution in [0.15, 0.2) is 0 Å². The first kappa shape index (κ1) is 55.9. The molecule has 10 nitrogen and oxygen atoms in total. The van der Waals surface area contributed by atoms with Crippen LogP contribution < -0.4 is 5.32 Å². The van der Waals surface area contributed by atoms with Crippen LogP contribution in [0.25, 0.3) is 0 Å². The van der Waals surface area contributed by atoms with E-state index < -0.39 is 63.6 Å². The number of hydrogen-bond acceptors (Lipinski definition) is 10. The predicted molar refractivity (Wildman–Crippen MR) is 249 cm³/mol. The molecular weight excluding hydrogens is 775 g/mol. The lowest BCUT2D eigenvalue weighted by Gasteiger charge is -2.46. The number of ether oxygens (including phenoxy) is 3. The van der Waals surface area contributed by atoms with Crippen LogP contribution in [0.3, 0.4) is 0 Å². The third-order valence-electron chi connectivity index (χ3n) is 13.9. The fourth-order valence-electron chi connectivity index (χ4n) is 9.54. The Bertz CT molecular complexity index is 976. The molecule has 0 aromatic heterocycles. The van der Waals surface area contributed by atoms with E-state index in [1.807, 2.05) is 0 Å². The van der Waals surface area contributed by atoms with Crippen molar-refractivity contribution in [1.82, 2.24) is 5.32 Å². The first-order valence-electron chi connectivity index (χ1n) is 25.7. The molecule has 0 aliphatic carbocycles. The fraction of sp³-hybridized carbons (Fsp3) is 1.00. The summed E-state index contributed by atoms with van der Waals surface area (Å²) in [7, 11) is -1.21. The van der Waals surface area contributed by atoms with Crippen molar-refractivity contribution in [2.45, 2.75) is 286 Å². The van der Waals surface area contributed by atoms with Crippen molar-refractivity contribution in [2.75, 3.05) is 26.4 Å². The molecular formula is C49H99NO9Si. The molecule has 8 atom stereocenters. The third-order valence-corrected chi connectivity index (χ3v) is 18.6. The highest BCUT2D eigenvalue weighted by Crippen LogP contribution is 2.31. The van der Waals surface area contributed by atoms with Crippen LogP contribution >= 0.6 is 0 Å². The number of aliphatic hydroxyl groups excluding tert-OH is 6. The van der Waals surface area contributed by atoms with Crippen molar-refractivity contribution < 1.29 is 44.8 Å². The highest BCUT2D eigenvalue weighted by atomic mass is 28.3. The Morgan fingerprint density at radius 1 is 0.600 bits per heavy atom. The summed E-state index contributed by atoms with van der Waals surface area (Å²) in [5, 5.41) is 67.4. The molecule has 0 saturated carbocycles. The van der Waals surface area contributed by atoms with Gasteiger partial charge in [-0.1, -0.05) is 219 Å². The molecule has 7 N–H and O–H groups in total. The van der Waals surface area contributed by atoms with Crippen molar-refractivity contribution in [3.05, 3.63) is 0 Å². The minimum Gasteiger partial charge on any atom is -0.394 e. The Morgan fingerprint density at radius 3 is 1.47 bits per heavy atom. The lowest BCUT2D eigenvalue weighted by atomic mass is 9.87. The summed E-state index contributed by atoms with van der Waals surface area (Å²) in [6.45, 7) is 9.90. The molecule has 11 heteroatoms. The van der Waals surface area contributed by atoms with E-state index in [0.717, 1.165) is 38.5 Å². The average Bonchev–Trinajstić information content (AvgIpc) is 3.23. The van der Waals surface area contributed by atoms with Gasteiger partial charge in [-0.25, -0.2) is 0 Å². The number of hydrogen-bond donors (Lipinski definition) is 7. The highest BCUT2D eigenvalue weighted by molar-refractivity contribution is 6.78. The first-order valence-corrected chi connectivity index (χ1v) is 28.8. The quantitative estimate of drug-likeness (QED) is 0.0233. The summed E-state index contributed by atoms with van der Waals surface area (Å²) in [4.78, 5) is 0. The number of rotatable bonds is 41. The van der Waals surface area contributed by atoms with E-state index >= 15 is 0 Å². The molecule has 0 aromatic rings. The van der Waals surface area contributed by atoms with Crippen molar-refractivity contribution >= 4 is 8.07 Å². The second-order valence-electron chi connectivity index (χ2n) is 19.7. The second kappa shape index (κ2) is 34.2. The third kappa shape index (κ3) is 23.1. The Hall–Kier alpha value is -0.183. The Kier molecular flexibility index (Phi) is 31.9. The molecule has 2 fully saturated rings. The maximum absolute atomic E-state index is 11.6. The molecule has 0 radical (unpaired) electrons. The monoisotopic (exact) mass is 874 g/mol. The maximum atomic E-state index is 11.6. The summed E-state index contributed by atoms with van der Waals surface area (Å²) in [6.07, 6.45) is 26.8. The van der Waals surface area contributed by atoms with Gasteiger partial charge in [-0.15, -0.1) is 0 Å². The van der Waals surface area contributed by atoms with Gasteiger partial charge in [0, 0.05) is 0 Å². The number of unbranched alkanes of at least 4 members (excludes halogenated alkanes) is 23. The molecule has 358 valence electrons. The van der Waals surface area contributed by atoms with Crippen LogP contribution in [0.5, 0.6) is 0 Å². The highest BCUT2D eigenvalue weighted by Gasteiger charge is 2.46. The van der Waals surface area contributed by atoms with E-state index in [1.54, 1.807) is 0 Å². The van der Waals surface area contributed by atoms with E-state index in [2.05, 4.69) is 32.6 Å². The van der Waals surface area contributed by atoms with Crippen LogP contribution in [-0.2, 0) is 14.2 Å². The van der Waals surface area contributed by atoms with E-state index in [9.17, 15) is 30.6 Å². The SMILES string of the molecule is CCCCCCCCCCCCCC[C@@H](O)[C@@H](O)[C@H](COC1OC(CO)C(O)C(O)C1O)NC1(CCCCCCC[Si](C)(CCCCCCC)CCCCCCC)COC1. The van der Waals surface area contributed by atoms with Gasteiger partial charge in [0.1, 0.15) is 24.4 Å². The molecule has 0 aromatic carbocycles. The molecule has 60 heavy (non-hydrogen) atoms. The van der Waals surface area contributed by atoms with Gasteiger partial charge in [-0.05, 0) is 12.8 Å². The average molecular weight is 874 g/mol. The van der Waals surface area contributed by atoms with E-state index in [-0.39, 0.29) is 12.1 Å². The molecule has 2 rings (SSSR count). The van der Waals surface area contributed by atoms with E-state index in [0.29, 0.717) is 19.6 Å². The topological polar surface area (TPSA) is 161 Å². The van der Waals surface area contributed by atoms with Gasteiger partial charge in [0.15, 0.2) is 6.29 Å². The zero-order chi connectivity index (χ0) is 43.9. The van der Waals surface area contributed by atoms with Crippen molar-refractivity contribution in [3.63, 3.8) is 0 Å². The van der Waals surface area contributed by atoms with E-state index in [1.165, 1.54) is 159 Å². The van der Waals surface area contributed by atoms with Gasteiger partial charge in [-0.2, -0.15) is 0 Å². The normalized spacial score (nSPS) is 23.4. The largest absolute Gasteiger partial charge is 0.394 e. The molecule has 0 spiro atoms. The molecule has 2 aliphatic rings. The summed E-state index contributed by atoms with van der Waals surface area (Å²) in [5.41, 5.74) is -0.360. The maximum Gasteiger partial charge on any atom is 0.186 e. The first-order chi connectivity index (χ1) is 29.0. The van der Waals surface area contributed by atoms with Crippen LogP contribution in [0, 0.1) is 0 Å². The summed E-state index contributed by atoms with van der Waals surface area (Å²) in [5.74, 6) is 0. The van der Waals surface area contributed by atoms with E-state index in [4.69, 9.17) is 14.2 Å². The Labute approximate surface area is 369 Å². The van der Waals surface area contributed by atoms with Crippen LogP contribution in [0.1, 0.15) is 207 Å². The van der Waals surface area contributed by atoms with Crippen LogP contribution in [0.2, 0.25) is 24.7 Å². The van der Waals surface area contributed by atoms with Gasteiger partial charge < -0.3 is 44.8 Å². The molecule has 2 heterocycles. The Morgan fingerprint density at radius 2 is 1.03 bits per heavy atom. The van der Waals surface area contributed by atoms with Gasteiger partial charge in [0.2, 0.25) is 0 Å². The summed E-state index contributed by atoms with van der Waals surface area (Å²) in [6, 6.07) is 3.77. The predicted octanol–water partition coefficient (Wildman–Crippen LogP) is 9.70. The molecule has 0 bridgehead atoms. The molecule has 5 unspecified atom stereocenters. The van der Waals surface area contributed by atoms with Crippen molar-refractivity contribution in [1.29, 1.82) is 0 Å². The lowest BCUT2D eigenvalue weighted by molar-refractivity contribution is -0.303. The zero-order valence-electron chi connectivity index (χ0n) is 39.5. The minimum atomic E-state index is -1.55. The smallest absolute Gasteiger partial charge is 0.186 e. The fourth-order valence-corrected chi connectivity index (χ4v) is 13.6. The lowest BCUT2D eigenvalue weighted by Crippen LogP contribution is -2.67. The number of nitrogens with one attached hydrogen (secondary N) is 1. The van der Waals surface area contributed by atoms with Gasteiger partial charge in [0.25, 0.3) is 0 Å². The second-order valence-corrected chi connectivity index (χ2v) is 24.8. The van der Waals surface area contributed by atoms with Crippen LogP contribution in [-0.4, -0.2) is 120 Å². The Balaban J connectivity index is 1.88. The molecule has 2 saturated heterocycles. The summed E-state index contributed by atoms with van der Waals surface area (Å²) >= 11 is 0.